The molecule has 0 saturated heterocycles. The molecule has 0 aliphatic carbocycles. The SMILES string of the molecule is C[C@@H](Oc1ccc(Oc2ccc(C#N)cc2F)cc1)C(=O)Oc1cccnc1. The second kappa shape index (κ2) is 8.64. The molecule has 0 fully saturated rings. The molecule has 0 unspecified atom stereocenters. The summed E-state index contributed by atoms with van der Waals surface area (Å²) in [5.74, 6) is -0.0683. The number of rotatable bonds is 6. The zero-order valence-corrected chi connectivity index (χ0v) is 14.8. The second-order valence-corrected chi connectivity index (χ2v) is 5.70. The monoisotopic (exact) mass is 378 g/mol. The lowest BCUT2D eigenvalue weighted by Crippen LogP contribution is -2.28. The van der Waals surface area contributed by atoms with Crippen LogP contribution in [0.15, 0.2) is 67.0 Å². The summed E-state index contributed by atoms with van der Waals surface area (Å²) in [5, 5.41) is 8.76. The number of hydrogen-bond donors (Lipinski definition) is 0. The summed E-state index contributed by atoms with van der Waals surface area (Å²) in [4.78, 5) is 15.9. The summed E-state index contributed by atoms with van der Waals surface area (Å²) in [5.41, 5.74) is 0.209. The van der Waals surface area contributed by atoms with E-state index in [1.807, 2.05) is 6.07 Å². The number of aromatic nitrogens is 1. The molecule has 1 heterocycles. The van der Waals surface area contributed by atoms with Gasteiger partial charge in [-0.3, -0.25) is 4.98 Å². The lowest BCUT2D eigenvalue weighted by Gasteiger charge is -2.14. The van der Waals surface area contributed by atoms with Gasteiger partial charge in [0.25, 0.3) is 0 Å². The maximum Gasteiger partial charge on any atom is 0.352 e. The molecule has 3 aromatic rings. The number of ether oxygens (including phenoxy) is 3. The highest BCUT2D eigenvalue weighted by Gasteiger charge is 2.17. The summed E-state index contributed by atoms with van der Waals surface area (Å²) < 4.78 is 30.1. The number of nitrogens with zero attached hydrogens (tertiary/aromatic N) is 2. The normalized spacial score (nSPS) is 11.2. The number of benzene rings is 2. The number of hydrogen-bond acceptors (Lipinski definition) is 6. The van der Waals surface area contributed by atoms with E-state index in [1.165, 1.54) is 18.3 Å². The molecule has 28 heavy (non-hydrogen) atoms. The Morgan fingerprint density at radius 2 is 1.86 bits per heavy atom. The molecule has 1 aromatic heterocycles. The van der Waals surface area contributed by atoms with Gasteiger partial charge in [-0.2, -0.15) is 5.26 Å². The van der Waals surface area contributed by atoms with Crippen molar-refractivity contribution in [3.63, 3.8) is 0 Å². The van der Waals surface area contributed by atoms with E-state index in [0.29, 0.717) is 17.2 Å². The van der Waals surface area contributed by atoms with Crippen LogP contribution in [0.1, 0.15) is 12.5 Å². The highest BCUT2D eigenvalue weighted by molar-refractivity contribution is 5.77. The van der Waals surface area contributed by atoms with Gasteiger partial charge in [-0.05, 0) is 61.5 Å². The van der Waals surface area contributed by atoms with Gasteiger partial charge in [0.05, 0.1) is 17.8 Å². The van der Waals surface area contributed by atoms with E-state index in [-0.39, 0.29) is 11.3 Å². The smallest absolute Gasteiger partial charge is 0.352 e. The number of carbonyl (C=O) groups excluding carboxylic acids is 1. The molecule has 1 atom stereocenters. The van der Waals surface area contributed by atoms with Crippen LogP contribution in [0.25, 0.3) is 0 Å². The first-order chi connectivity index (χ1) is 13.5. The Morgan fingerprint density at radius 1 is 1.11 bits per heavy atom. The minimum absolute atomic E-state index is 0.00100. The Kier molecular flexibility index (Phi) is 5.82. The van der Waals surface area contributed by atoms with E-state index >= 15 is 0 Å². The van der Waals surface area contributed by atoms with Crippen LogP contribution in [0.4, 0.5) is 4.39 Å². The summed E-state index contributed by atoms with van der Waals surface area (Å²) in [6.45, 7) is 1.56. The number of nitriles is 1. The topological polar surface area (TPSA) is 81.4 Å². The maximum atomic E-state index is 13.9. The fourth-order valence-corrected chi connectivity index (χ4v) is 2.23. The molecule has 3 rings (SSSR count). The van der Waals surface area contributed by atoms with Gasteiger partial charge in [-0.1, -0.05) is 0 Å². The maximum absolute atomic E-state index is 13.9. The van der Waals surface area contributed by atoms with Crippen molar-refractivity contribution in [3.05, 3.63) is 78.4 Å². The van der Waals surface area contributed by atoms with E-state index in [9.17, 15) is 9.18 Å². The molecule has 0 N–H and O–H groups in total. The zero-order valence-electron chi connectivity index (χ0n) is 14.8. The Bertz CT molecular complexity index is 1000. The molecule has 0 amide bonds. The van der Waals surface area contributed by atoms with Crippen molar-refractivity contribution in [2.24, 2.45) is 0 Å². The Hall–Kier alpha value is -3.92. The van der Waals surface area contributed by atoms with E-state index in [1.54, 1.807) is 49.5 Å². The molecule has 0 bridgehead atoms. The minimum atomic E-state index is -0.844. The first kappa shape index (κ1) is 18.9. The van der Waals surface area contributed by atoms with Crippen molar-refractivity contribution in [1.29, 1.82) is 5.26 Å². The highest BCUT2D eigenvalue weighted by atomic mass is 19.1. The molecule has 140 valence electrons. The van der Waals surface area contributed by atoms with Crippen LogP contribution in [0.3, 0.4) is 0 Å². The third kappa shape index (κ3) is 4.83. The van der Waals surface area contributed by atoms with Crippen molar-refractivity contribution >= 4 is 5.97 Å². The first-order valence-corrected chi connectivity index (χ1v) is 8.31. The van der Waals surface area contributed by atoms with E-state index in [4.69, 9.17) is 19.5 Å². The number of pyridine rings is 1. The van der Waals surface area contributed by atoms with E-state index in [2.05, 4.69) is 4.98 Å². The van der Waals surface area contributed by atoms with Crippen molar-refractivity contribution in [2.45, 2.75) is 13.0 Å². The van der Waals surface area contributed by atoms with E-state index < -0.39 is 17.9 Å². The largest absolute Gasteiger partial charge is 0.479 e. The van der Waals surface area contributed by atoms with Crippen molar-refractivity contribution in [1.82, 2.24) is 4.98 Å². The molecule has 0 aliphatic rings. The third-order valence-electron chi connectivity index (χ3n) is 3.61. The zero-order chi connectivity index (χ0) is 19.9. The predicted octanol–water partition coefficient (Wildman–Crippen LogP) is 4.26. The average molecular weight is 378 g/mol. The molecule has 6 nitrogen and oxygen atoms in total. The number of esters is 1. The summed E-state index contributed by atoms with van der Waals surface area (Å²) >= 11 is 0. The predicted molar refractivity (Wildman–Crippen MR) is 97.6 cm³/mol. The molecule has 2 aromatic carbocycles. The van der Waals surface area contributed by atoms with Gasteiger partial charge in [-0.25, -0.2) is 9.18 Å². The van der Waals surface area contributed by atoms with Crippen molar-refractivity contribution in [3.8, 4) is 29.1 Å². The molecule has 0 spiro atoms. The Balaban J connectivity index is 1.59. The first-order valence-electron chi connectivity index (χ1n) is 8.31. The van der Waals surface area contributed by atoms with Crippen LogP contribution in [-0.2, 0) is 4.79 Å². The van der Waals surface area contributed by atoms with Crippen LogP contribution in [-0.4, -0.2) is 17.1 Å². The molecule has 0 saturated carbocycles. The second-order valence-electron chi connectivity index (χ2n) is 5.70. The van der Waals surface area contributed by atoms with Crippen LogP contribution >= 0.6 is 0 Å². The quantitative estimate of drug-likeness (QED) is 0.596. The summed E-state index contributed by atoms with van der Waals surface area (Å²) in [7, 11) is 0. The van der Waals surface area contributed by atoms with Crippen molar-refractivity contribution in [2.75, 3.05) is 0 Å². The van der Waals surface area contributed by atoms with Crippen LogP contribution < -0.4 is 14.2 Å². The minimum Gasteiger partial charge on any atom is -0.479 e. The van der Waals surface area contributed by atoms with Gasteiger partial charge in [0.15, 0.2) is 17.7 Å². The Morgan fingerprint density at radius 3 is 2.50 bits per heavy atom. The van der Waals surface area contributed by atoms with Gasteiger partial charge in [-0.15, -0.1) is 0 Å². The lowest BCUT2D eigenvalue weighted by atomic mass is 10.2. The number of carbonyl (C=O) groups is 1. The Labute approximate surface area is 160 Å². The van der Waals surface area contributed by atoms with Gasteiger partial charge in [0, 0.05) is 6.20 Å². The molecule has 0 radical (unpaired) electrons. The third-order valence-corrected chi connectivity index (χ3v) is 3.61. The van der Waals surface area contributed by atoms with Crippen LogP contribution in [0.2, 0.25) is 0 Å². The molecule has 0 aliphatic heterocycles. The fraction of sp³-hybridized carbons (Fsp3) is 0.0952. The summed E-state index contributed by atoms with van der Waals surface area (Å²) in [6, 6.07) is 15.4. The van der Waals surface area contributed by atoms with Crippen LogP contribution in [0, 0.1) is 17.1 Å². The van der Waals surface area contributed by atoms with Crippen molar-refractivity contribution < 1.29 is 23.4 Å². The van der Waals surface area contributed by atoms with Gasteiger partial charge < -0.3 is 14.2 Å². The standard InChI is InChI=1S/C21H15FN2O4/c1-14(21(25)28-18-3-2-10-24-13-18)26-16-5-7-17(8-6-16)27-20-9-4-15(12-23)11-19(20)22/h2-11,13-14H,1H3/t14-/m1/s1. The highest BCUT2D eigenvalue weighted by Crippen LogP contribution is 2.27. The molecule has 7 heteroatoms. The summed E-state index contributed by atoms with van der Waals surface area (Å²) in [6.07, 6.45) is 2.16. The van der Waals surface area contributed by atoms with E-state index in [0.717, 1.165) is 6.07 Å². The number of halogens is 1. The molecular weight excluding hydrogens is 363 g/mol. The fourth-order valence-electron chi connectivity index (χ4n) is 2.23. The van der Waals surface area contributed by atoms with Gasteiger partial charge in [0.1, 0.15) is 17.2 Å². The van der Waals surface area contributed by atoms with Gasteiger partial charge in [0.2, 0.25) is 0 Å². The lowest BCUT2D eigenvalue weighted by molar-refractivity contribution is -0.141. The van der Waals surface area contributed by atoms with Crippen LogP contribution in [0.5, 0.6) is 23.0 Å². The molecular formula is C21H15FN2O4. The van der Waals surface area contributed by atoms with Gasteiger partial charge >= 0.3 is 5.97 Å². The average Bonchev–Trinajstić information content (AvgIpc) is 2.71.